The highest BCUT2D eigenvalue weighted by molar-refractivity contribution is 5.96. The van der Waals surface area contributed by atoms with E-state index in [1.165, 1.54) is 19.2 Å². The molecule has 0 bridgehead atoms. The molecule has 0 saturated heterocycles. The number of methoxy groups -OCH3 is 1. The highest BCUT2D eigenvalue weighted by Crippen LogP contribution is 2.38. The average Bonchev–Trinajstić information content (AvgIpc) is 2.92. The van der Waals surface area contributed by atoms with Crippen LogP contribution in [0.3, 0.4) is 0 Å². The molecule has 0 spiro atoms. The zero-order valence-corrected chi connectivity index (χ0v) is 14.4. The Bertz CT molecular complexity index is 944. The highest BCUT2D eigenvalue weighted by Gasteiger charge is 2.21. The van der Waals surface area contributed by atoms with Gasteiger partial charge in [0, 0.05) is 16.5 Å². The number of carbonyl (C=O) groups is 1. The second kappa shape index (κ2) is 6.59. The predicted molar refractivity (Wildman–Crippen MR) is 95.7 cm³/mol. The summed E-state index contributed by atoms with van der Waals surface area (Å²) in [4.78, 5) is 14.7. The molecule has 25 heavy (non-hydrogen) atoms. The molecule has 3 aromatic rings. The molecule has 130 valence electrons. The van der Waals surface area contributed by atoms with E-state index in [-0.39, 0.29) is 12.3 Å². The molecule has 0 atom stereocenters. The standard InChI is InChI=1S/C20H20FNO3/c1-11(2)13-5-4-6-14-15(10-18(23)24)20(22-19(13)14)16-9-12(21)7-8-17(16)25-3/h4-9,11,22H,10H2,1-3H3,(H,23,24). The third-order valence-electron chi connectivity index (χ3n) is 4.35. The van der Waals surface area contributed by atoms with Crippen molar-refractivity contribution >= 4 is 16.9 Å². The Morgan fingerprint density at radius 1 is 1.28 bits per heavy atom. The molecular weight excluding hydrogens is 321 g/mol. The van der Waals surface area contributed by atoms with Crippen molar-refractivity contribution in [1.29, 1.82) is 0 Å². The number of fused-ring (bicyclic) bond motifs is 1. The molecule has 1 heterocycles. The summed E-state index contributed by atoms with van der Waals surface area (Å²) >= 11 is 0. The number of aromatic nitrogens is 1. The van der Waals surface area contributed by atoms with Gasteiger partial charge in [0.05, 0.1) is 19.2 Å². The van der Waals surface area contributed by atoms with Crippen LogP contribution in [0.25, 0.3) is 22.2 Å². The molecule has 2 N–H and O–H groups in total. The van der Waals surface area contributed by atoms with Crippen molar-refractivity contribution < 1.29 is 19.0 Å². The predicted octanol–water partition coefficient (Wildman–Crippen LogP) is 4.73. The molecule has 0 radical (unpaired) electrons. The van der Waals surface area contributed by atoms with Gasteiger partial charge in [0.1, 0.15) is 11.6 Å². The zero-order valence-electron chi connectivity index (χ0n) is 14.4. The maximum Gasteiger partial charge on any atom is 0.307 e. The first kappa shape index (κ1) is 17.0. The van der Waals surface area contributed by atoms with E-state index in [1.807, 2.05) is 18.2 Å². The lowest BCUT2D eigenvalue weighted by Crippen LogP contribution is -2.01. The van der Waals surface area contributed by atoms with Crippen molar-refractivity contribution in [3.05, 3.63) is 53.3 Å². The summed E-state index contributed by atoms with van der Waals surface area (Å²) in [7, 11) is 1.51. The van der Waals surface area contributed by atoms with Crippen LogP contribution in [0.5, 0.6) is 5.75 Å². The SMILES string of the molecule is COc1ccc(F)cc1-c1[nH]c2c(C(C)C)cccc2c1CC(=O)O. The van der Waals surface area contributed by atoms with E-state index >= 15 is 0 Å². The van der Waals surface area contributed by atoms with Gasteiger partial charge in [-0.25, -0.2) is 4.39 Å². The largest absolute Gasteiger partial charge is 0.496 e. The smallest absolute Gasteiger partial charge is 0.307 e. The Morgan fingerprint density at radius 2 is 2.04 bits per heavy atom. The van der Waals surface area contributed by atoms with Crippen LogP contribution in [-0.4, -0.2) is 23.2 Å². The van der Waals surface area contributed by atoms with Gasteiger partial charge in [-0.3, -0.25) is 4.79 Å². The second-order valence-electron chi connectivity index (χ2n) is 6.32. The Morgan fingerprint density at radius 3 is 2.68 bits per heavy atom. The number of hydrogen-bond donors (Lipinski definition) is 2. The first-order valence-corrected chi connectivity index (χ1v) is 8.11. The number of ether oxygens (including phenoxy) is 1. The van der Waals surface area contributed by atoms with E-state index in [9.17, 15) is 14.3 Å². The Balaban J connectivity index is 2.36. The number of halogens is 1. The van der Waals surface area contributed by atoms with Gasteiger partial charge < -0.3 is 14.8 Å². The molecule has 2 aromatic carbocycles. The summed E-state index contributed by atoms with van der Waals surface area (Å²) in [5.74, 6) is -0.583. The fourth-order valence-corrected chi connectivity index (χ4v) is 3.22. The fraction of sp³-hybridized carbons (Fsp3) is 0.250. The minimum atomic E-state index is -0.938. The number of para-hydroxylation sites is 1. The molecule has 0 saturated carbocycles. The van der Waals surface area contributed by atoms with Gasteiger partial charge in [0.15, 0.2) is 0 Å². The quantitative estimate of drug-likeness (QED) is 0.705. The number of hydrogen-bond acceptors (Lipinski definition) is 2. The summed E-state index contributed by atoms with van der Waals surface area (Å²) in [6.45, 7) is 4.16. The van der Waals surface area contributed by atoms with Gasteiger partial charge >= 0.3 is 5.97 Å². The first-order chi connectivity index (χ1) is 11.9. The number of aromatic amines is 1. The summed E-state index contributed by atoms with van der Waals surface area (Å²) < 4.78 is 19.2. The van der Waals surface area contributed by atoms with E-state index in [1.54, 1.807) is 6.07 Å². The molecular formula is C20H20FNO3. The van der Waals surface area contributed by atoms with E-state index < -0.39 is 11.8 Å². The Hall–Kier alpha value is -2.82. The molecule has 0 fully saturated rings. The van der Waals surface area contributed by atoms with Gasteiger partial charge in [-0.15, -0.1) is 0 Å². The molecule has 1 aromatic heterocycles. The summed E-state index contributed by atoms with van der Waals surface area (Å²) in [6.07, 6.45) is -0.156. The van der Waals surface area contributed by atoms with Crippen LogP contribution in [0, 0.1) is 5.82 Å². The lowest BCUT2D eigenvalue weighted by atomic mass is 9.97. The average molecular weight is 341 g/mol. The molecule has 5 heteroatoms. The van der Waals surface area contributed by atoms with Crippen LogP contribution in [0.1, 0.15) is 30.9 Å². The number of carboxylic acids is 1. The van der Waals surface area contributed by atoms with Crippen molar-refractivity contribution in [2.75, 3.05) is 7.11 Å². The van der Waals surface area contributed by atoms with Crippen molar-refractivity contribution in [3.8, 4) is 17.0 Å². The lowest BCUT2D eigenvalue weighted by Gasteiger charge is -2.09. The minimum absolute atomic E-state index is 0.156. The number of carboxylic acid groups (broad SMARTS) is 1. The fourth-order valence-electron chi connectivity index (χ4n) is 3.22. The van der Waals surface area contributed by atoms with Crippen LogP contribution in [-0.2, 0) is 11.2 Å². The van der Waals surface area contributed by atoms with Crippen LogP contribution < -0.4 is 4.74 Å². The third-order valence-corrected chi connectivity index (χ3v) is 4.35. The van der Waals surface area contributed by atoms with Gasteiger partial charge in [-0.05, 0) is 35.2 Å². The van der Waals surface area contributed by atoms with E-state index in [2.05, 4.69) is 18.8 Å². The molecule has 0 amide bonds. The van der Waals surface area contributed by atoms with Gasteiger partial charge in [0.2, 0.25) is 0 Å². The number of nitrogens with one attached hydrogen (secondary N) is 1. The molecule has 0 aliphatic heterocycles. The number of aliphatic carboxylic acids is 1. The van der Waals surface area contributed by atoms with Crippen molar-refractivity contribution in [2.24, 2.45) is 0 Å². The monoisotopic (exact) mass is 341 g/mol. The lowest BCUT2D eigenvalue weighted by molar-refractivity contribution is -0.136. The maximum atomic E-state index is 13.8. The summed E-state index contributed by atoms with van der Waals surface area (Å²) in [5.41, 5.74) is 3.71. The topological polar surface area (TPSA) is 62.3 Å². The molecule has 0 unspecified atom stereocenters. The number of rotatable bonds is 5. The number of benzene rings is 2. The van der Waals surface area contributed by atoms with Crippen LogP contribution in [0.4, 0.5) is 4.39 Å². The van der Waals surface area contributed by atoms with Crippen molar-refractivity contribution in [1.82, 2.24) is 4.98 Å². The van der Waals surface area contributed by atoms with Gasteiger partial charge in [-0.2, -0.15) is 0 Å². The Kier molecular flexibility index (Phi) is 4.49. The Labute approximate surface area is 145 Å². The van der Waals surface area contributed by atoms with Gasteiger partial charge in [-0.1, -0.05) is 32.0 Å². The van der Waals surface area contributed by atoms with Crippen LogP contribution in [0.15, 0.2) is 36.4 Å². The highest BCUT2D eigenvalue weighted by atomic mass is 19.1. The normalized spacial score (nSPS) is 11.2. The molecule has 4 nitrogen and oxygen atoms in total. The molecule has 0 aliphatic carbocycles. The minimum Gasteiger partial charge on any atom is -0.496 e. The third kappa shape index (κ3) is 3.09. The summed E-state index contributed by atoms with van der Waals surface area (Å²) in [5, 5.41) is 10.2. The second-order valence-corrected chi connectivity index (χ2v) is 6.32. The van der Waals surface area contributed by atoms with E-state index in [0.717, 1.165) is 16.5 Å². The zero-order chi connectivity index (χ0) is 18.1. The first-order valence-electron chi connectivity index (χ1n) is 8.11. The molecule has 3 rings (SSSR count). The number of H-pyrrole nitrogens is 1. The maximum absolute atomic E-state index is 13.8. The van der Waals surface area contributed by atoms with E-state index in [0.29, 0.717) is 22.6 Å². The summed E-state index contributed by atoms with van der Waals surface area (Å²) in [6, 6.07) is 10.1. The van der Waals surface area contributed by atoms with Crippen molar-refractivity contribution in [3.63, 3.8) is 0 Å². The van der Waals surface area contributed by atoms with Crippen molar-refractivity contribution in [2.45, 2.75) is 26.2 Å². The molecule has 0 aliphatic rings. The van der Waals surface area contributed by atoms with E-state index in [4.69, 9.17) is 4.74 Å². The van der Waals surface area contributed by atoms with Crippen LogP contribution in [0.2, 0.25) is 0 Å². The van der Waals surface area contributed by atoms with Crippen LogP contribution >= 0.6 is 0 Å². The van der Waals surface area contributed by atoms with Gasteiger partial charge in [0.25, 0.3) is 0 Å².